The second-order valence-electron chi connectivity index (χ2n) is 9.62. The van der Waals surface area contributed by atoms with Crippen LogP contribution < -0.4 is 0 Å². The summed E-state index contributed by atoms with van der Waals surface area (Å²) in [6.07, 6.45) is 7.50. The lowest BCUT2D eigenvalue weighted by molar-refractivity contribution is 0.146. The average Bonchev–Trinajstić information content (AvgIpc) is 2.90. The van der Waals surface area contributed by atoms with Crippen molar-refractivity contribution >= 4 is 38.5 Å². The Morgan fingerprint density at radius 3 is 2.51 bits per heavy atom. The SMILES string of the molecule is CN(CC=Cc1ccc(Cl)cc1)CCN(CCN1CCN(C)CC1)S(=O)(=O)c1cccc2cnccc12. The average molecular weight is 542 g/mol. The maximum atomic E-state index is 13.9. The summed E-state index contributed by atoms with van der Waals surface area (Å²) in [7, 11) is 0.449. The molecule has 0 saturated carbocycles. The molecule has 3 aromatic rings. The summed E-state index contributed by atoms with van der Waals surface area (Å²) in [4.78, 5) is 11.3. The highest BCUT2D eigenvalue weighted by atomic mass is 35.5. The molecule has 0 N–H and O–H groups in total. The molecule has 0 spiro atoms. The van der Waals surface area contributed by atoms with E-state index in [1.54, 1.807) is 34.9 Å². The summed E-state index contributed by atoms with van der Waals surface area (Å²) in [6, 6.07) is 14.9. The molecule has 1 aliphatic rings. The van der Waals surface area contributed by atoms with E-state index in [0.29, 0.717) is 29.9 Å². The molecule has 0 radical (unpaired) electrons. The lowest BCUT2D eigenvalue weighted by Gasteiger charge is -2.34. The third-order valence-corrected chi connectivity index (χ3v) is 9.06. The fourth-order valence-corrected chi connectivity index (χ4v) is 6.21. The standard InChI is InChI=1S/C28H36ClN5O2S/c1-31(14-4-5-24-8-10-26(29)11-9-24)17-21-34(22-20-33-18-15-32(2)16-19-33)37(35,36)28-7-3-6-25-23-30-13-12-27(25)28/h3-13,23H,14-22H2,1-2H3. The van der Waals surface area contributed by atoms with Crippen LogP contribution in [0.4, 0.5) is 0 Å². The Morgan fingerprint density at radius 2 is 1.76 bits per heavy atom. The van der Waals surface area contributed by atoms with Gasteiger partial charge in [-0.1, -0.05) is 48.0 Å². The highest BCUT2D eigenvalue weighted by Gasteiger charge is 2.27. The third kappa shape index (κ3) is 7.60. The lowest BCUT2D eigenvalue weighted by atomic mass is 10.2. The zero-order valence-corrected chi connectivity index (χ0v) is 23.2. The van der Waals surface area contributed by atoms with Gasteiger partial charge in [-0.15, -0.1) is 0 Å². The van der Waals surface area contributed by atoms with Crippen LogP contribution in [0.15, 0.2) is 71.9 Å². The van der Waals surface area contributed by atoms with Crippen molar-refractivity contribution in [1.82, 2.24) is 24.0 Å². The monoisotopic (exact) mass is 541 g/mol. The summed E-state index contributed by atoms with van der Waals surface area (Å²) < 4.78 is 29.5. The molecular weight excluding hydrogens is 506 g/mol. The molecule has 0 unspecified atom stereocenters. The summed E-state index contributed by atoms with van der Waals surface area (Å²) in [5.74, 6) is 0. The molecule has 2 aromatic carbocycles. The van der Waals surface area contributed by atoms with Crippen molar-refractivity contribution in [2.45, 2.75) is 4.90 Å². The van der Waals surface area contributed by atoms with Crippen LogP contribution in [-0.4, -0.2) is 105 Å². The van der Waals surface area contributed by atoms with Crippen molar-refractivity contribution in [2.75, 3.05) is 73.0 Å². The molecule has 1 fully saturated rings. The number of aromatic nitrogens is 1. The number of piperazine rings is 1. The van der Waals surface area contributed by atoms with Crippen molar-refractivity contribution in [3.05, 3.63) is 77.6 Å². The molecule has 4 rings (SSSR count). The van der Waals surface area contributed by atoms with E-state index >= 15 is 0 Å². The fraction of sp³-hybridized carbons (Fsp3) is 0.393. The summed E-state index contributed by atoms with van der Waals surface area (Å²) >= 11 is 5.97. The van der Waals surface area contributed by atoms with Gasteiger partial charge in [-0.3, -0.25) is 9.88 Å². The molecule has 0 amide bonds. The third-order valence-electron chi connectivity index (χ3n) is 6.85. The molecule has 7 nitrogen and oxygen atoms in total. The Morgan fingerprint density at radius 1 is 1.00 bits per heavy atom. The Hall–Kier alpha value is -2.33. The van der Waals surface area contributed by atoms with E-state index in [4.69, 9.17) is 11.6 Å². The number of likely N-dealkylation sites (N-methyl/N-ethyl adjacent to an activating group) is 2. The van der Waals surface area contributed by atoms with Crippen molar-refractivity contribution < 1.29 is 8.42 Å². The van der Waals surface area contributed by atoms with Crippen LogP contribution in [0.3, 0.4) is 0 Å². The molecular formula is C28H36ClN5O2S. The summed E-state index contributed by atoms with van der Waals surface area (Å²) in [5, 5.41) is 2.25. The molecule has 1 saturated heterocycles. The second kappa shape index (κ2) is 13.0. The molecule has 1 aromatic heterocycles. The van der Waals surface area contributed by atoms with Gasteiger partial charge < -0.3 is 9.80 Å². The van der Waals surface area contributed by atoms with Gasteiger partial charge in [-0.05, 0) is 43.9 Å². The number of nitrogens with zero attached hydrogens (tertiary/aromatic N) is 5. The highest BCUT2D eigenvalue weighted by Crippen LogP contribution is 2.25. The van der Waals surface area contributed by atoms with Gasteiger partial charge in [0, 0.05) is 87.1 Å². The minimum atomic E-state index is -3.69. The number of halogens is 1. The minimum absolute atomic E-state index is 0.344. The van der Waals surface area contributed by atoms with Crippen LogP contribution in [0, 0.1) is 0 Å². The first kappa shape index (κ1) is 27.7. The van der Waals surface area contributed by atoms with E-state index in [1.807, 2.05) is 37.4 Å². The number of benzene rings is 2. The first-order valence-electron chi connectivity index (χ1n) is 12.7. The highest BCUT2D eigenvalue weighted by molar-refractivity contribution is 7.89. The molecule has 2 heterocycles. The number of hydrogen-bond acceptors (Lipinski definition) is 6. The van der Waals surface area contributed by atoms with Crippen LogP contribution in [0.2, 0.25) is 5.02 Å². The predicted octanol–water partition coefficient (Wildman–Crippen LogP) is 3.77. The largest absolute Gasteiger partial charge is 0.304 e. The van der Waals surface area contributed by atoms with Crippen molar-refractivity contribution in [3.63, 3.8) is 0 Å². The summed E-state index contributed by atoms with van der Waals surface area (Å²) in [5.41, 5.74) is 1.08. The molecule has 9 heteroatoms. The summed E-state index contributed by atoms with van der Waals surface area (Å²) in [6.45, 7) is 6.87. The van der Waals surface area contributed by atoms with E-state index in [2.05, 4.69) is 38.9 Å². The van der Waals surface area contributed by atoms with Gasteiger partial charge in [-0.25, -0.2) is 8.42 Å². The van der Waals surface area contributed by atoms with Gasteiger partial charge in [0.1, 0.15) is 0 Å². The Labute approximate surface area is 226 Å². The van der Waals surface area contributed by atoms with E-state index in [0.717, 1.165) is 55.2 Å². The fourth-order valence-electron chi connectivity index (χ4n) is 4.45. The van der Waals surface area contributed by atoms with Gasteiger partial charge in [0.25, 0.3) is 0 Å². The minimum Gasteiger partial charge on any atom is -0.304 e. The number of pyridine rings is 1. The molecule has 0 atom stereocenters. The Balaban J connectivity index is 1.46. The molecule has 37 heavy (non-hydrogen) atoms. The van der Waals surface area contributed by atoms with E-state index < -0.39 is 10.0 Å². The normalized spacial score (nSPS) is 15.9. The van der Waals surface area contributed by atoms with E-state index in [9.17, 15) is 8.42 Å². The van der Waals surface area contributed by atoms with Gasteiger partial charge in [0.15, 0.2) is 0 Å². The number of hydrogen-bond donors (Lipinski definition) is 0. The maximum absolute atomic E-state index is 13.9. The van der Waals surface area contributed by atoms with Crippen molar-refractivity contribution in [1.29, 1.82) is 0 Å². The van der Waals surface area contributed by atoms with E-state index in [1.165, 1.54) is 0 Å². The van der Waals surface area contributed by atoms with Crippen LogP contribution >= 0.6 is 11.6 Å². The number of fused-ring (bicyclic) bond motifs is 1. The zero-order chi connectivity index (χ0) is 26.3. The zero-order valence-electron chi connectivity index (χ0n) is 21.6. The van der Waals surface area contributed by atoms with Gasteiger partial charge in [-0.2, -0.15) is 4.31 Å². The quantitative estimate of drug-likeness (QED) is 0.368. The lowest BCUT2D eigenvalue weighted by Crippen LogP contribution is -2.48. The topological polar surface area (TPSA) is 60.0 Å². The molecule has 1 aliphatic heterocycles. The van der Waals surface area contributed by atoms with Gasteiger partial charge >= 0.3 is 0 Å². The van der Waals surface area contributed by atoms with Crippen LogP contribution in [0.25, 0.3) is 16.8 Å². The van der Waals surface area contributed by atoms with E-state index in [-0.39, 0.29) is 0 Å². The Bertz CT molecular complexity index is 1290. The second-order valence-corrected chi connectivity index (χ2v) is 12.0. The predicted molar refractivity (Wildman–Crippen MR) is 152 cm³/mol. The first-order valence-corrected chi connectivity index (χ1v) is 14.5. The maximum Gasteiger partial charge on any atom is 0.243 e. The Kier molecular flexibility index (Phi) is 9.70. The molecule has 198 valence electrons. The van der Waals surface area contributed by atoms with Crippen molar-refractivity contribution in [3.8, 4) is 0 Å². The van der Waals surface area contributed by atoms with Crippen LogP contribution in [-0.2, 0) is 10.0 Å². The number of sulfonamides is 1. The molecule has 0 aliphatic carbocycles. The smallest absolute Gasteiger partial charge is 0.243 e. The van der Waals surface area contributed by atoms with Crippen LogP contribution in [0.5, 0.6) is 0 Å². The number of rotatable bonds is 11. The van der Waals surface area contributed by atoms with Crippen LogP contribution in [0.1, 0.15) is 5.56 Å². The van der Waals surface area contributed by atoms with Crippen molar-refractivity contribution in [2.24, 2.45) is 0 Å². The van der Waals surface area contributed by atoms with Gasteiger partial charge in [0.2, 0.25) is 10.0 Å². The molecule has 0 bridgehead atoms. The first-order chi connectivity index (χ1) is 17.8. The van der Waals surface area contributed by atoms with Gasteiger partial charge in [0.05, 0.1) is 4.90 Å².